The summed E-state index contributed by atoms with van der Waals surface area (Å²) in [4.78, 5) is 23.0. The van der Waals surface area contributed by atoms with Crippen LogP contribution in [0.5, 0.6) is 5.75 Å². The zero-order chi connectivity index (χ0) is 15.6. The fourth-order valence-electron chi connectivity index (χ4n) is 1.68. The van der Waals surface area contributed by atoms with Crippen molar-refractivity contribution in [1.82, 2.24) is 0 Å². The van der Waals surface area contributed by atoms with Gasteiger partial charge in [0.15, 0.2) is 0 Å². The molecule has 0 heterocycles. The molecule has 1 saturated carbocycles. The lowest BCUT2D eigenvalue weighted by molar-refractivity contribution is 0.0636. The fraction of sp³-hybridized carbons (Fsp3) is 0.467. The van der Waals surface area contributed by atoms with E-state index in [0.29, 0.717) is 5.75 Å². The van der Waals surface area contributed by atoms with Crippen LogP contribution >= 0.6 is 0 Å². The molecule has 1 aliphatic rings. The molecule has 0 bridgehead atoms. The van der Waals surface area contributed by atoms with Crippen LogP contribution < -0.4 is 10.1 Å². The first-order valence-corrected chi connectivity index (χ1v) is 6.78. The third-order valence-corrected chi connectivity index (χ3v) is 2.68. The smallest absolute Gasteiger partial charge is 0.412 e. The van der Waals surface area contributed by atoms with Crippen LogP contribution in [0.4, 0.5) is 10.5 Å². The molecule has 0 atom stereocenters. The lowest BCUT2D eigenvalue weighted by atomic mass is 10.1. The molecular weight excluding hydrogens is 274 g/mol. The zero-order valence-electron chi connectivity index (χ0n) is 12.3. The van der Waals surface area contributed by atoms with Gasteiger partial charge in [-0.25, -0.2) is 9.59 Å². The second kappa shape index (κ2) is 5.63. The third-order valence-electron chi connectivity index (χ3n) is 2.68. The van der Waals surface area contributed by atoms with Gasteiger partial charge in [-0.3, -0.25) is 5.32 Å². The maximum absolute atomic E-state index is 11.8. The summed E-state index contributed by atoms with van der Waals surface area (Å²) in [6.45, 7) is 5.20. The number of rotatable bonds is 4. The lowest BCUT2D eigenvalue weighted by Crippen LogP contribution is -2.27. The Kier molecular flexibility index (Phi) is 4.06. The molecular formula is C15H19NO5. The van der Waals surface area contributed by atoms with Crippen molar-refractivity contribution in [3.63, 3.8) is 0 Å². The Morgan fingerprint density at radius 1 is 1.29 bits per heavy atom. The maximum Gasteiger partial charge on any atom is 0.412 e. The van der Waals surface area contributed by atoms with E-state index >= 15 is 0 Å². The topological polar surface area (TPSA) is 84.9 Å². The van der Waals surface area contributed by atoms with Crippen LogP contribution in [0.25, 0.3) is 0 Å². The SMILES string of the molecule is CC(C)(C)OC(=O)Nc1cc(OC2CC2)ccc1C(=O)O. The minimum Gasteiger partial charge on any atom is -0.490 e. The van der Waals surface area contributed by atoms with Crippen LogP contribution in [-0.2, 0) is 4.74 Å². The van der Waals surface area contributed by atoms with Gasteiger partial charge in [-0.15, -0.1) is 0 Å². The average Bonchev–Trinajstić information content (AvgIpc) is 3.10. The van der Waals surface area contributed by atoms with Crippen LogP contribution in [0.15, 0.2) is 18.2 Å². The lowest BCUT2D eigenvalue weighted by Gasteiger charge is -2.20. The highest BCUT2D eigenvalue weighted by atomic mass is 16.6. The van der Waals surface area contributed by atoms with Crippen LogP contribution in [0.2, 0.25) is 0 Å². The van der Waals surface area contributed by atoms with Crippen LogP contribution in [0, 0.1) is 0 Å². The predicted molar refractivity (Wildman–Crippen MR) is 76.9 cm³/mol. The molecule has 1 aromatic rings. The first kappa shape index (κ1) is 15.2. The minimum atomic E-state index is -1.13. The number of carbonyl (C=O) groups is 2. The van der Waals surface area contributed by atoms with Gasteiger partial charge < -0.3 is 14.6 Å². The Labute approximate surface area is 123 Å². The highest BCUT2D eigenvalue weighted by molar-refractivity contribution is 5.99. The van der Waals surface area contributed by atoms with E-state index in [2.05, 4.69) is 5.32 Å². The Balaban J connectivity index is 2.17. The van der Waals surface area contributed by atoms with E-state index in [1.807, 2.05) is 0 Å². The standard InChI is InChI=1S/C15H19NO5/c1-15(2,3)21-14(19)16-12-8-10(20-9-4-5-9)6-7-11(12)13(17)18/h6-9H,4-5H2,1-3H3,(H,16,19)(H,17,18). The molecule has 0 spiro atoms. The van der Waals surface area contributed by atoms with Gasteiger partial charge in [-0.05, 0) is 45.7 Å². The summed E-state index contributed by atoms with van der Waals surface area (Å²) in [6, 6.07) is 4.50. The van der Waals surface area contributed by atoms with Crippen LogP contribution in [0.3, 0.4) is 0 Å². The van der Waals surface area contributed by atoms with Gasteiger partial charge in [0.25, 0.3) is 0 Å². The monoisotopic (exact) mass is 293 g/mol. The molecule has 1 amide bonds. The average molecular weight is 293 g/mol. The van der Waals surface area contributed by atoms with E-state index in [1.165, 1.54) is 12.1 Å². The van der Waals surface area contributed by atoms with E-state index in [0.717, 1.165) is 12.8 Å². The molecule has 21 heavy (non-hydrogen) atoms. The van der Waals surface area contributed by atoms with Gasteiger partial charge in [0.1, 0.15) is 11.4 Å². The third kappa shape index (κ3) is 4.66. The number of anilines is 1. The maximum atomic E-state index is 11.8. The van der Waals surface area contributed by atoms with Gasteiger partial charge in [-0.2, -0.15) is 0 Å². The van der Waals surface area contributed by atoms with E-state index in [9.17, 15) is 9.59 Å². The normalized spacial score (nSPS) is 14.4. The molecule has 114 valence electrons. The number of carboxylic acid groups (broad SMARTS) is 1. The largest absolute Gasteiger partial charge is 0.490 e. The van der Waals surface area contributed by atoms with Gasteiger partial charge in [-0.1, -0.05) is 0 Å². The quantitative estimate of drug-likeness (QED) is 0.890. The Bertz CT molecular complexity index is 558. The number of ether oxygens (including phenoxy) is 2. The number of carboxylic acids is 1. The van der Waals surface area contributed by atoms with Crippen molar-refractivity contribution in [2.45, 2.75) is 45.3 Å². The Hall–Kier alpha value is -2.24. The minimum absolute atomic E-state index is 0.0102. The number of nitrogens with one attached hydrogen (secondary N) is 1. The second-order valence-corrected chi connectivity index (χ2v) is 5.96. The molecule has 1 aromatic carbocycles. The van der Waals surface area contributed by atoms with Crippen molar-refractivity contribution >= 4 is 17.7 Å². The second-order valence-electron chi connectivity index (χ2n) is 5.96. The summed E-state index contributed by atoms with van der Waals surface area (Å²) in [5, 5.41) is 11.6. The Morgan fingerprint density at radius 2 is 1.95 bits per heavy atom. The molecule has 6 heteroatoms. The highest BCUT2D eigenvalue weighted by Crippen LogP contribution is 2.30. The molecule has 0 unspecified atom stereocenters. The molecule has 1 fully saturated rings. The molecule has 0 aromatic heterocycles. The summed E-state index contributed by atoms with van der Waals surface area (Å²) in [5.41, 5.74) is -0.505. The molecule has 0 radical (unpaired) electrons. The molecule has 0 aliphatic heterocycles. The molecule has 1 aliphatic carbocycles. The number of amides is 1. The number of carbonyl (C=O) groups excluding carboxylic acids is 1. The Morgan fingerprint density at radius 3 is 2.48 bits per heavy atom. The van der Waals surface area contributed by atoms with Crippen molar-refractivity contribution in [2.75, 3.05) is 5.32 Å². The van der Waals surface area contributed by atoms with E-state index in [4.69, 9.17) is 14.6 Å². The first-order chi connectivity index (χ1) is 9.74. The number of benzene rings is 1. The van der Waals surface area contributed by atoms with Crippen molar-refractivity contribution < 1.29 is 24.2 Å². The van der Waals surface area contributed by atoms with Crippen molar-refractivity contribution in [1.29, 1.82) is 0 Å². The molecule has 2 N–H and O–H groups in total. The summed E-state index contributed by atoms with van der Waals surface area (Å²) >= 11 is 0. The summed E-state index contributed by atoms with van der Waals surface area (Å²) in [5.74, 6) is -0.590. The molecule has 0 saturated heterocycles. The van der Waals surface area contributed by atoms with Gasteiger partial charge in [0.2, 0.25) is 0 Å². The van der Waals surface area contributed by atoms with Gasteiger partial charge in [0, 0.05) is 6.07 Å². The van der Waals surface area contributed by atoms with Crippen molar-refractivity contribution in [2.24, 2.45) is 0 Å². The number of aromatic carboxylic acids is 1. The van der Waals surface area contributed by atoms with Gasteiger partial charge in [0.05, 0.1) is 17.4 Å². The van der Waals surface area contributed by atoms with Crippen LogP contribution in [-0.4, -0.2) is 28.9 Å². The summed E-state index contributed by atoms with van der Waals surface area (Å²) in [7, 11) is 0. The zero-order valence-corrected chi connectivity index (χ0v) is 12.3. The number of hydrogen-bond donors (Lipinski definition) is 2. The summed E-state index contributed by atoms with van der Waals surface area (Å²) in [6.07, 6.45) is 1.48. The first-order valence-electron chi connectivity index (χ1n) is 6.78. The van der Waals surface area contributed by atoms with E-state index in [1.54, 1.807) is 26.8 Å². The summed E-state index contributed by atoms with van der Waals surface area (Å²) < 4.78 is 10.7. The highest BCUT2D eigenvalue weighted by Gasteiger charge is 2.24. The van der Waals surface area contributed by atoms with Crippen molar-refractivity contribution in [3.8, 4) is 5.75 Å². The molecule has 6 nitrogen and oxygen atoms in total. The number of hydrogen-bond acceptors (Lipinski definition) is 4. The predicted octanol–water partition coefficient (Wildman–Crippen LogP) is 3.27. The van der Waals surface area contributed by atoms with E-state index in [-0.39, 0.29) is 17.4 Å². The van der Waals surface area contributed by atoms with E-state index < -0.39 is 17.7 Å². The molecule has 2 rings (SSSR count). The van der Waals surface area contributed by atoms with Gasteiger partial charge >= 0.3 is 12.1 Å². The van der Waals surface area contributed by atoms with Crippen molar-refractivity contribution in [3.05, 3.63) is 23.8 Å². The van der Waals surface area contributed by atoms with Crippen LogP contribution in [0.1, 0.15) is 44.0 Å². The fourth-order valence-corrected chi connectivity index (χ4v) is 1.68.